The Labute approximate surface area is 424 Å². The molecule has 4 aliphatic rings. The van der Waals surface area contributed by atoms with Gasteiger partial charge in [-0.15, -0.1) is 0 Å². The van der Waals surface area contributed by atoms with Crippen molar-refractivity contribution in [3.63, 3.8) is 0 Å². The first kappa shape index (κ1) is 42.9. The summed E-state index contributed by atoms with van der Waals surface area (Å²) < 4.78 is 0. The van der Waals surface area contributed by atoms with Crippen molar-refractivity contribution in [1.29, 1.82) is 0 Å². The molecule has 348 valence electrons. The number of rotatable bonds is 6. The van der Waals surface area contributed by atoms with Crippen molar-refractivity contribution in [3.8, 4) is 44.5 Å². The van der Waals surface area contributed by atoms with Crippen LogP contribution in [-0.4, -0.2) is 0 Å². The zero-order valence-corrected chi connectivity index (χ0v) is 42.5. The third kappa shape index (κ3) is 5.78. The van der Waals surface area contributed by atoms with E-state index in [-0.39, 0.29) is 21.7 Å². The van der Waals surface area contributed by atoms with Crippen LogP contribution in [-0.2, 0) is 21.7 Å². The van der Waals surface area contributed by atoms with Crippen LogP contribution in [0.5, 0.6) is 0 Å². The van der Waals surface area contributed by atoms with Crippen molar-refractivity contribution in [1.82, 2.24) is 0 Å². The highest BCUT2D eigenvalue weighted by atomic mass is 15.1. The SMILES string of the molecule is CC1(C)c2ccccc2-c2ccc(N(c3ccccc3)c3ccc4c(c3)C(C)(C)c3ccc5c6c(ccc-4c36)-c3ccc(N(c4ccccc4)c4ccc6c(c4)C(C)(C)c4ccccc4-6)cc3C5(C)C)cc21. The van der Waals surface area contributed by atoms with E-state index in [1.807, 2.05) is 0 Å². The Morgan fingerprint density at radius 3 is 0.819 bits per heavy atom. The third-order valence-corrected chi connectivity index (χ3v) is 17.6. The molecule has 0 radical (unpaired) electrons. The zero-order valence-electron chi connectivity index (χ0n) is 42.5. The molecule has 0 N–H and O–H groups in total. The van der Waals surface area contributed by atoms with Crippen molar-refractivity contribution >= 4 is 44.9 Å². The number of para-hydroxylation sites is 2. The topological polar surface area (TPSA) is 6.48 Å². The molecule has 72 heavy (non-hydrogen) atoms. The largest absolute Gasteiger partial charge is 0.310 e. The number of anilines is 6. The second kappa shape index (κ2) is 14.8. The number of benzene rings is 10. The highest BCUT2D eigenvalue weighted by Gasteiger charge is 2.42. The molecule has 0 atom stereocenters. The molecule has 14 rings (SSSR count). The van der Waals surface area contributed by atoms with Gasteiger partial charge in [0.05, 0.1) is 0 Å². The first-order chi connectivity index (χ1) is 34.7. The Morgan fingerprint density at radius 2 is 0.472 bits per heavy atom. The first-order valence-corrected chi connectivity index (χ1v) is 25.8. The van der Waals surface area contributed by atoms with Gasteiger partial charge in [0.2, 0.25) is 0 Å². The summed E-state index contributed by atoms with van der Waals surface area (Å²) in [4.78, 5) is 4.92. The molecular weight excluding hydrogens is 869 g/mol. The summed E-state index contributed by atoms with van der Waals surface area (Å²) in [6.07, 6.45) is 0. The summed E-state index contributed by atoms with van der Waals surface area (Å²) in [5.74, 6) is 0. The molecule has 0 fully saturated rings. The van der Waals surface area contributed by atoms with Crippen LogP contribution in [0.25, 0.3) is 55.3 Å². The van der Waals surface area contributed by atoms with Crippen molar-refractivity contribution in [2.24, 2.45) is 0 Å². The van der Waals surface area contributed by atoms with Gasteiger partial charge in [0, 0.05) is 55.8 Å². The van der Waals surface area contributed by atoms with Crippen molar-refractivity contribution < 1.29 is 0 Å². The molecule has 0 saturated carbocycles. The van der Waals surface area contributed by atoms with E-state index in [4.69, 9.17) is 0 Å². The molecule has 10 aromatic rings. The molecule has 4 aliphatic carbocycles. The van der Waals surface area contributed by atoms with Gasteiger partial charge in [-0.2, -0.15) is 0 Å². The van der Waals surface area contributed by atoms with E-state index in [2.05, 4.69) is 271 Å². The molecule has 10 aromatic carbocycles. The first-order valence-electron chi connectivity index (χ1n) is 25.8. The number of nitrogens with zero attached hydrogens (tertiary/aromatic N) is 2. The van der Waals surface area contributed by atoms with Gasteiger partial charge < -0.3 is 9.80 Å². The molecule has 2 heteroatoms. The number of hydrogen-bond acceptors (Lipinski definition) is 2. The van der Waals surface area contributed by atoms with Crippen LogP contribution in [0.4, 0.5) is 34.1 Å². The Bertz CT molecular complexity index is 3670. The molecular formula is C70H58N2. The van der Waals surface area contributed by atoms with Crippen LogP contribution >= 0.6 is 0 Å². The second-order valence-corrected chi connectivity index (χ2v) is 22.9. The lowest BCUT2D eigenvalue weighted by atomic mass is 9.63. The van der Waals surface area contributed by atoms with Crippen LogP contribution in [0.2, 0.25) is 0 Å². The third-order valence-electron chi connectivity index (χ3n) is 17.6. The van der Waals surface area contributed by atoms with Crippen LogP contribution in [0.15, 0.2) is 206 Å². The molecule has 0 amide bonds. The summed E-state index contributed by atoms with van der Waals surface area (Å²) in [5, 5.41) is 2.79. The minimum atomic E-state index is -0.268. The van der Waals surface area contributed by atoms with E-state index in [9.17, 15) is 0 Å². The predicted molar refractivity (Wildman–Crippen MR) is 304 cm³/mol. The van der Waals surface area contributed by atoms with E-state index >= 15 is 0 Å². The lowest BCUT2D eigenvalue weighted by Gasteiger charge is -2.41. The quantitative estimate of drug-likeness (QED) is 0.164. The summed E-state index contributed by atoms with van der Waals surface area (Å²) in [5.41, 5.74) is 27.9. The number of fused-ring (bicyclic) bond motifs is 10. The molecule has 0 heterocycles. The standard InChI is InChI=1S/C70H58N2/c1-67(2)57-25-17-15-23-49(57)51-31-27-45(39-61(51)67)71(43-19-11-9-12-20-43)47-29-33-53-55-35-36-56-54-34-30-48(42-64(54)70(7,8)60-38-37-59(65(55)66(56)60)69(5,6)63(53)41-47)72(44-21-13-10-14-22-44)46-28-32-52-50-24-16-18-26-58(50)68(3,4)62(52)40-46/h9-42H,1-8H3. The molecule has 0 aromatic heterocycles. The van der Waals surface area contributed by atoms with Gasteiger partial charge in [0.15, 0.2) is 0 Å². The Hall–Kier alpha value is -7.94. The molecule has 0 spiro atoms. The smallest absolute Gasteiger partial charge is 0.0465 e. The molecule has 0 unspecified atom stereocenters. The van der Waals surface area contributed by atoms with E-state index < -0.39 is 0 Å². The minimum absolute atomic E-state index is 0.0984. The van der Waals surface area contributed by atoms with Gasteiger partial charge in [-0.1, -0.05) is 189 Å². The normalized spacial score (nSPS) is 15.9. The lowest BCUT2D eigenvalue weighted by Crippen LogP contribution is -2.28. The van der Waals surface area contributed by atoms with Gasteiger partial charge in [0.25, 0.3) is 0 Å². The Balaban J connectivity index is 0.892. The molecule has 0 aliphatic heterocycles. The maximum atomic E-state index is 2.48. The summed E-state index contributed by atoms with van der Waals surface area (Å²) in [6.45, 7) is 19.2. The second-order valence-electron chi connectivity index (χ2n) is 22.9. The van der Waals surface area contributed by atoms with Crippen LogP contribution < -0.4 is 9.80 Å². The Morgan fingerprint density at radius 1 is 0.208 bits per heavy atom. The Kier molecular flexibility index (Phi) is 8.82. The van der Waals surface area contributed by atoms with Crippen molar-refractivity contribution in [2.75, 3.05) is 9.80 Å². The van der Waals surface area contributed by atoms with Crippen LogP contribution in [0.1, 0.15) is 99.9 Å². The van der Waals surface area contributed by atoms with Crippen LogP contribution in [0, 0.1) is 0 Å². The highest BCUT2D eigenvalue weighted by molar-refractivity contribution is 6.13. The van der Waals surface area contributed by atoms with Gasteiger partial charge >= 0.3 is 0 Å². The summed E-state index contributed by atoms with van der Waals surface area (Å²) in [6, 6.07) is 78.1. The number of hydrogen-bond donors (Lipinski definition) is 0. The van der Waals surface area contributed by atoms with Crippen LogP contribution in [0.3, 0.4) is 0 Å². The average Bonchev–Trinajstić information content (AvgIpc) is 3.77. The van der Waals surface area contributed by atoms with Gasteiger partial charge in [-0.3, -0.25) is 0 Å². The average molecular weight is 927 g/mol. The fourth-order valence-electron chi connectivity index (χ4n) is 13.8. The minimum Gasteiger partial charge on any atom is -0.310 e. The lowest BCUT2D eigenvalue weighted by molar-refractivity contribution is 0.633. The van der Waals surface area contributed by atoms with Crippen molar-refractivity contribution in [3.05, 3.63) is 251 Å². The fourth-order valence-corrected chi connectivity index (χ4v) is 13.8. The van der Waals surface area contributed by atoms with Crippen molar-refractivity contribution in [2.45, 2.75) is 77.0 Å². The summed E-state index contributed by atoms with van der Waals surface area (Å²) in [7, 11) is 0. The van der Waals surface area contributed by atoms with Gasteiger partial charge in [0.1, 0.15) is 0 Å². The zero-order chi connectivity index (χ0) is 49.1. The fraction of sp³-hybridized carbons (Fsp3) is 0.171. The van der Waals surface area contributed by atoms with Gasteiger partial charge in [-0.05, 0) is 173 Å². The summed E-state index contributed by atoms with van der Waals surface area (Å²) >= 11 is 0. The maximum absolute atomic E-state index is 2.48. The van der Waals surface area contributed by atoms with E-state index in [1.54, 1.807) is 0 Å². The van der Waals surface area contributed by atoms with E-state index in [1.165, 1.54) is 123 Å². The predicted octanol–water partition coefficient (Wildman–Crippen LogP) is 19.0. The monoisotopic (exact) mass is 926 g/mol. The highest BCUT2D eigenvalue weighted by Crippen LogP contribution is 2.59. The maximum Gasteiger partial charge on any atom is 0.0465 e. The molecule has 2 nitrogen and oxygen atoms in total. The molecule has 0 saturated heterocycles. The molecule has 0 bridgehead atoms. The van der Waals surface area contributed by atoms with E-state index in [0.717, 1.165) is 11.4 Å². The van der Waals surface area contributed by atoms with Gasteiger partial charge in [-0.25, -0.2) is 0 Å². The van der Waals surface area contributed by atoms with E-state index in [0.29, 0.717) is 0 Å².